The van der Waals surface area contributed by atoms with E-state index in [0.29, 0.717) is 25.1 Å². The van der Waals surface area contributed by atoms with Gasteiger partial charge in [0.1, 0.15) is 10.6 Å². The molecule has 0 spiro atoms. The van der Waals surface area contributed by atoms with E-state index in [0.717, 1.165) is 52.4 Å². The van der Waals surface area contributed by atoms with Gasteiger partial charge in [0.25, 0.3) is 5.91 Å². The Bertz CT molecular complexity index is 1140. The predicted molar refractivity (Wildman–Crippen MR) is 138 cm³/mol. The number of benzene rings is 1. The van der Waals surface area contributed by atoms with Crippen LogP contribution in [0.3, 0.4) is 0 Å². The number of esters is 1. The van der Waals surface area contributed by atoms with Crippen molar-refractivity contribution in [3.05, 3.63) is 39.9 Å². The summed E-state index contributed by atoms with van der Waals surface area (Å²) in [5.41, 5.74) is 3.09. The van der Waals surface area contributed by atoms with E-state index in [1.807, 2.05) is 45.9 Å². The van der Waals surface area contributed by atoms with E-state index >= 15 is 0 Å². The molecule has 2 aliphatic rings. The number of hydrogen-bond donors (Lipinski definition) is 1. The summed E-state index contributed by atoms with van der Waals surface area (Å²) < 4.78 is 10.4. The molecule has 1 aliphatic heterocycles. The summed E-state index contributed by atoms with van der Waals surface area (Å²) in [6.45, 7) is 8.68. The Morgan fingerprint density at radius 1 is 1.14 bits per heavy atom. The van der Waals surface area contributed by atoms with Gasteiger partial charge in [-0.25, -0.2) is 9.78 Å². The third-order valence-electron chi connectivity index (χ3n) is 6.70. The molecule has 4 rings (SSSR count). The molecule has 8 nitrogen and oxygen atoms in total. The number of aromatic nitrogens is 1. The summed E-state index contributed by atoms with van der Waals surface area (Å²) in [6.07, 6.45) is 3.41. The molecule has 0 bridgehead atoms. The second-order valence-electron chi connectivity index (χ2n) is 10.6. The van der Waals surface area contributed by atoms with Gasteiger partial charge in [0.15, 0.2) is 0 Å². The zero-order valence-electron chi connectivity index (χ0n) is 21.7. The molecule has 1 fully saturated rings. The number of aryl methyl sites for hydroxylation is 1. The lowest BCUT2D eigenvalue weighted by Gasteiger charge is -2.29. The van der Waals surface area contributed by atoms with Gasteiger partial charge in [-0.15, -0.1) is 11.3 Å². The fourth-order valence-electron chi connectivity index (χ4n) is 4.75. The molecule has 1 aromatic heterocycles. The van der Waals surface area contributed by atoms with Crippen molar-refractivity contribution in [1.29, 1.82) is 0 Å². The van der Waals surface area contributed by atoms with E-state index in [9.17, 15) is 14.4 Å². The van der Waals surface area contributed by atoms with Crippen molar-refractivity contribution in [1.82, 2.24) is 15.2 Å². The van der Waals surface area contributed by atoms with E-state index in [4.69, 9.17) is 14.5 Å². The summed E-state index contributed by atoms with van der Waals surface area (Å²) in [5, 5.41) is 4.02. The first-order valence-corrected chi connectivity index (χ1v) is 13.3. The summed E-state index contributed by atoms with van der Waals surface area (Å²) in [5.74, 6) is -0.324. The first-order valence-electron chi connectivity index (χ1n) is 12.5. The fourth-order valence-corrected chi connectivity index (χ4v) is 5.96. The van der Waals surface area contributed by atoms with Gasteiger partial charge in [0, 0.05) is 35.0 Å². The highest BCUT2D eigenvalue weighted by Crippen LogP contribution is 2.34. The van der Waals surface area contributed by atoms with Crippen molar-refractivity contribution < 1.29 is 23.9 Å². The second-order valence-corrected chi connectivity index (χ2v) is 11.7. The molecule has 1 N–H and O–H groups in total. The topological polar surface area (TPSA) is 97.8 Å². The highest BCUT2D eigenvalue weighted by atomic mass is 32.1. The predicted octanol–water partition coefficient (Wildman–Crippen LogP) is 4.87. The molecule has 194 valence electrons. The smallest absolute Gasteiger partial charge is 0.410 e. The second kappa shape index (κ2) is 10.6. The number of carbonyl (C=O) groups is 3. The molecule has 9 heteroatoms. The number of ether oxygens (including phenoxy) is 2. The molecule has 0 radical (unpaired) electrons. The van der Waals surface area contributed by atoms with Crippen molar-refractivity contribution in [2.45, 2.75) is 78.0 Å². The van der Waals surface area contributed by atoms with Gasteiger partial charge in [-0.2, -0.15) is 0 Å². The molecule has 0 saturated heterocycles. The Balaban J connectivity index is 1.39. The van der Waals surface area contributed by atoms with E-state index in [1.54, 1.807) is 16.2 Å². The Hall–Kier alpha value is -2.94. The number of hydrogen-bond acceptors (Lipinski definition) is 7. The van der Waals surface area contributed by atoms with Crippen LogP contribution < -0.4 is 5.32 Å². The number of fused-ring (bicyclic) bond motifs is 1. The van der Waals surface area contributed by atoms with Gasteiger partial charge in [-0.05, 0) is 71.1 Å². The normalized spacial score (nSPS) is 19.9. The molecule has 2 heterocycles. The summed E-state index contributed by atoms with van der Waals surface area (Å²) >= 11 is 1.59. The molecular weight excluding hydrogens is 478 g/mol. The van der Waals surface area contributed by atoms with E-state index in [2.05, 4.69) is 5.32 Å². The summed E-state index contributed by atoms with van der Waals surface area (Å²) in [7, 11) is 1.42. The monoisotopic (exact) mass is 513 g/mol. The minimum Gasteiger partial charge on any atom is -0.469 e. The van der Waals surface area contributed by atoms with Crippen molar-refractivity contribution in [3.8, 4) is 10.6 Å². The molecule has 0 unspecified atom stereocenters. The molecule has 1 aliphatic carbocycles. The van der Waals surface area contributed by atoms with Crippen molar-refractivity contribution in [3.63, 3.8) is 0 Å². The summed E-state index contributed by atoms with van der Waals surface area (Å²) in [6, 6.07) is 5.76. The summed E-state index contributed by atoms with van der Waals surface area (Å²) in [4.78, 5) is 44.7. The van der Waals surface area contributed by atoms with Crippen LogP contribution in [0.5, 0.6) is 0 Å². The van der Waals surface area contributed by atoms with Gasteiger partial charge >= 0.3 is 12.1 Å². The molecular formula is C27H35N3O5S. The van der Waals surface area contributed by atoms with E-state index in [-0.39, 0.29) is 29.9 Å². The third kappa shape index (κ3) is 6.06. The Morgan fingerprint density at radius 2 is 1.86 bits per heavy atom. The average Bonchev–Trinajstić information content (AvgIpc) is 3.26. The maximum Gasteiger partial charge on any atom is 0.410 e. The van der Waals surface area contributed by atoms with Gasteiger partial charge in [-0.3, -0.25) is 9.59 Å². The Morgan fingerprint density at radius 3 is 2.50 bits per heavy atom. The van der Waals surface area contributed by atoms with Crippen LogP contribution in [0.25, 0.3) is 10.6 Å². The van der Waals surface area contributed by atoms with Crippen LogP contribution in [0.4, 0.5) is 4.79 Å². The molecule has 0 atom stereocenters. The van der Waals surface area contributed by atoms with Gasteiger partial charge in [0.2, 0.25) is 0 Å². The lowest BCUT2D eigenvalue weighted by molar-refractivity contribution is -0.146. The molecule has 2 amide bonds. The average molecular weight is 514 g/mol. The highest BCUT2D eigenvalue weighted by Gasteiger charge is 2.29. The van der Waals surface area contributed by atoms with Crippen LogP contribution in [0.2, 0.25) is 0 Å². The number of methoxy groups -OCH3 is 1. The zero-order valence-corrected chi connectivity index (χ0v) is 22.5. The SMILES string of the molecule is COC(=O)C1CCC(NC(=O)c2ccc(-c3nc4c(s3)CN(C(=O)OC(C)(C)C)CC4)c(C)c2)CC1. The van der Waals surface area contributed by atoms with Crippen LogP contribution in [0, 0.1) is 12.8 Å². The lowest BCUT2D eigenvalue weighted by Crippen LogP contribution is -2.39. The number of thiazole rings is 1. The van der Waals surface area contributed by atoms with Crippen LogP contribution in [-0.2, 0) is 27.2 Å². The molecule has 1 saturated carbocycles. The van der Waals surface area contributed by atoms with Gasteiger partial charge in [0.05, 0.1) is 25.3 Å². The minimum atomic E-state index is -0.524. The van der Waals surface area contributed by atoms with E-state index < -0.39 is 5.60 Å². The van der Waals surface area contributed by atoms with E-state index in [1.165, 1.54) is 7.11 Å². The quantitative estimate of drug-likeness (QED) is 0.586. The number of nitrogens with one attached hydrogen (secondary N) is 1. The fraction of sp³-hybridized carbons (Fsp3) is 0.556. The van der Waals surface area contributed by atoms with Gasteiger partial charge < -0.3 is 19.7 Å². The van der Waals surface area contributed by atoms with Crippen molar-refractivity contribution in [2.75, 3.05) is 13.7 Å². The number of carbonyl (C=O) groups excluding carboxylic acids is 3. The van der Waals surface area contributed by atoms with Crippen LogP contribution in [0.1, 0.15) is 72.9 Å². The Kier molecular flexibility index (Phi) is 7.68. The number of nitrogens with zero attached hydrogens (tertiary/aromatic N) is 2. The number of rotatable bonds is 4. The number of amides is 2. The standard InChI is InChI=1S/C27H35N3O5S/c1-16-14-18(23(31)28-19-9-6-17(7-10-19)25(32)34-5)8-11-20(16)24-29-21-12-13-30(15-22(21)36-24)26(33)35-27(2,3)4/h8,11,14,17,19H,6-7,9-10,12-13,15H2,1-5H3,(H,28,31). The third-order valence-corrected chi connectivity index (χ3v) is 7.81. The maximum atomic E-state index is 12.9. The molecule has 2 aromatic rings. The van der Waals surface area contributed by atoms with Gasteiger partial charge in [-0.1, -0.05) is 6.07 Å². The zero-order chi connectivity index (χ0) is 26.0. The maximum absolute atomic E-state index is 12.9. The first-order chi connectivity index (χ1) is 17.0. The lowest BCUT2D eigenvalue weighted by atomic mass is 9.86. The largest absolute Gasteiger partial charge is 0.469 e. The highest BCUT2D eigenvalue weighted by molar-refractivity contribution is 7.15. The Labute approximate surface area is 216 Å². The molecule has 1 aromatic carbocycles. The van der Waals surface area contributed by atoms with Crippen LogP contribution in [0.15, 0.2) is 18.2 Å². The first kappa shape index (κ1) is 26.1. The molecule has 36 heavy (non-hydrogen) atoms. The van der Waals surface area contributed by atoms with Crippen molar-refractivity contribution in [2.24, 2.45) is 5.92 Å². The van der Waals surface area contributed by atoms with Crippen LogP contribution in [-0.4, -0.2) is 53.2 Å². The minimum absolute atomic E-state index is 0.0648. The van der Waals surface area contributed by atoms with Crippen molar-refractivity contribution >= 4 is 29.3 Å². The van der Waals surface area contributed by atoms with Crippen LogP contribution >= 0.6 is 11.3 Å².